The summed E-state index contributed by atoms with van der Waals surface area (Å²) >= 11 is 0. The second-order valence-corrected chi connectivity index (χ2v) is 8.88. The van der Waals surface area contributed by atoms with Gasteiger partial charge in [-0.05, 0) is 68.7 Å². The van der Waals surface area contributed by atoms with Crippen LogP contribution in [0.3, 0.4) is 0 Å². The van der Waals surface area contributed by atoms with Crippen molar-refractivity contribution in [2.45, 2.75) is 51.7 Å². The van der Waals surface area contributed by atoms with Gasteiger partial charge in [0.05, 0.1) is 12.2 Å². The molecule has 1 N–H and O–H groups in total. The van der Waals surface area contributed by atoms with Crippen LogP contribution in [-0.2, 0) is 16.0 Å². The maximum absolute atomic E-state index is 14.9. The summed E-state index contributed by atoms with van der Waals surface area (Å²) < 4.78 is 26.4. The third kappa shape index (κ3) is 5.48. The van der Waals surface area contributed by atoms with Gasteiger partial charge in [0.15, 0.2) is 5.54 Å². The first-order valence-electron chi connectivity index (χ1n) is 10.8. The molecular weight excluding hydrogens is 425 g/mol. The van der Waals surface area contributed by atoms with Crippen LogP contribution in [0.5, 0.6) is 5.75 Å². The minimum atomic E-state index is -1.34. The molecule has 3 rings (SSSR count). The number of esters is 1. The topological polar surface area (TPSA) is 85.2 Å². The van der Waals surface area contributed by atoms with Crippen LogP contribution in [0.15, 0.2) is 53.5 Å². The number of carbonyl (C=O) groups is 2. The van der Waals surface area contributed by atoms with Gasteiger partial charge < -0.3 is 14.6 Å². The molecule has 1 unspecified atom stereocenters. The van der Waals surface area contributed by atoms with Crippen LogP contribution < -0.4 is 4.74 Å². The molecule has 1 aliphatic rings. The molecule has 1 atom stereocenters. The van der Waals surface area contributed by atoms with Gasteiger partial charge in [0, 0.05) is 18.2 Å². The number of aromatic carboxylic acids is 1. The van der Waals surface area contributed by atoms with Gasteiger partial charge in [-0.25, -0.2) is 14.0 Å². The number of hydrogen-bond donors (Lipinski definition) is 1. The van der Waals surface area contributed by atoms with Gasteiger partial charge in [0.2, 0.25) is 0 Å². The molecule has 0 saturated carbocycles. The SMILES string of the molecule is CCCOc1ccc(-c2cccc(C(=O)O)c2F)cc1CC1(C(=O)OC(C)(C)C)C=CC=N1. The standard InChI is InChI=1S/C26H28FNO5/c1-5-14-32-21-11-10-17(19-8-6-9-20(22(19)27)23(29)30)15-18(21)16-26(12-7-13-28-26)24(31)33-25(2,3)4/h6-13,15H,5,14,16H2,1-4H3,(H,29,30). The Labute approximate surface area is 192 Å². The maximum atomic E-state index is 14.9. The van der Waals surface area contributed by atoms with Gasteiger partial charge in [-0.15, -0.1) is 0 Å². The van der Waals surface area contributed by atoms with Crippen LogP contribution in [0, 0.1) is 5.82 Å². The summed E-state index contributed by atoms with van der Waals surface area (Å²) in [4.78, 5) is 28.9. The Bertz CT molecular complexity index is 1100. The normalized spacial score (nSPS) is 17.2. The minimum absolute atomic E-state index is 0.141. The molecule has 2 aromatic carbocycles. The number of benzene rings is 2. The molecule has 0 aromatic heterocycles. The van der Waals surface area contributed by atoms with E-state index < -0.39 is 34.5 Å². The molecule has 2 aromatic rings. The van der Waals surface area contributed by atoms with Gasteiger partial charge in [0.1, 0.15) is 17.2 Å². The third-order valence-electron chi connectivity index (χ3n) is 5.04. The van der Waals surface area contributed by atoms with Gasteiger partial charge in [-0.3, -0.25) is 4.99 Å². The minimum Gasteiger partial charge on any atom is -0.493 e. The van der Waals surface area contributed by atoms with Crippen LogP contribution in [-0.4, -0.2) is 41.0 Å². The molecule has 33 heavy (non-hydrogen) atoms. The van der Waals surface area contributed by atoms with E-state index in [0.29, 0.717) is 23.5 Å². The fourth-order valence-corrected chi connectivity index (χ4v) is 3.53. The molecular formula is C26H28FNO5. The number of rotatable bonds is 8. The number of nitrogens with zero attached hydrogens (tertiary/aromatic N) is 1. The lowest BCUT2D eigenvalue weighted by atomic mass is 9.89. The van der Waals surface area contributed by atoms with Crippen LogP contribution in [0.1, 0.15) is 50.0 Å². The number of allylic oxidation sites excluding steroid dienone is 1. The van der Waals surface area contributed by atoms with E-state index in [9.17, 15) is 19.1 Å². The molecule has 0 saturated heterocycles. The van der Waals surface area contributed by atoms with Crippen molar-refractivity contribution in [1.29, 1.82) is 0 Å². The van der Waals surface area contributed by atoms with Gasteiger partial charge >= 0.3 is 11.9 Å². The van der Waals surface area contributed by atoms with Crippen molar-refractivity contribution in [1.82, 2.24) is 0 Å². The van der Waals surface area contributed by atoms with E-state index in [-0.39, 0.29) is 12.0 Å². The Morgan fingerprint density at radius 2 is 1.94 bits per heavy atom. The largest absolute Gasteiger partial charge is 0.493 e. The summed E-state index contributed by atoms with van der Waals surface area (Å²) in [6.45, 7) is 7.81. The molecule has 0 aliphatic carbocycles. The van der Waals surface area contributed by atoms with E-state index in [4.69, 9.17) is 9.47 Å². The summed E-state index contributed by atoms with van der Waals surface area (Å²) in [5, 5.41) is 9.28. The van der Waals surface area contributed by atoms with E-state index >= 15 is 0 Å². The van der Waals surface area contributed by atoms with Crippen molar-refractivity contribution in [3.63, 3.8) is 0 Å². The number of aliphatic imine (C=N–C) groups is 1. The highest BCUT2D eigenvalue weighted by Gasteiger charge is 2.41. The van der Waals surface area contributed by atoms with E-state index in [0.717, 1.165) is 6.42 Å². The molecule has 1 aliphatic heterocycles. The first kappa shape index (κ1) is 24.2. The first-order chi connectivity index (χ1) is 15.6. The average molecular weight is 454 g/mol. The molecule has 6 nitrogen and oxygen atoms in total. The zero-order valence-corrected chi connectivity index (χ0v) is 19.2. The monoisotopic (exact) mass is 453 g/mol. The summed E-state index contributed by atoms with van der Waals surface area (Å²) in [5.74, 6) is -2.11. The highest BCUT2D eigenvalue weighted by Crippen LogP contribution is 2.35. The van der Waals surface area contributed by atoms with Crippen LogP contribution in [0.2, 0.25) is 0 Å². The zero-order valence-electron chi connectivity index (χ0n) is 19.2. The van der Waals surface area contributed by atoms with E-state index in [1.165, 1.54) is 18.2 Å². The number of carboxylic acid groups (broad SMARTS) is 1. The van der Waals surface area contributed by atoms with Crippen LogP contribution >= 0.6 is 0 Å². The summed E-state index contributed by atoms with van der Waals surface area (Å²) in [6.07, 6.45) is 5.85. The average Bonchev–Trinajstić information content (AvgIpc) is 3.21. The summed E-state index contributed by atoms with van der Waals surface area (Å²) in [6, 6.07) is 9.32. The Morgan fingerprint density at radius 1 is 1.18 bits per heavy atom. The smallest absolute Gasteiger partial charge is 0.338 e. The van der Waals surface area contributed by atoms with Crippen molar-refractivity contribution in [3.8, 4) is 16.9 Å². The molecule has 0 bridgehead atoms. The predicted molar refractivity (Wildman–Crippen MR) is 124 cm³/mol. The summed E-state index contributed by atoms with van der Waals surface area (Å²) in [7, 11) is 0. The number of carbonyl (C=O) groups excluding carboxylic acids is 1. The van der Waals surface area contributed by atoms with Crippen LogP contribution in [0.25, 0.3) is 11.1 Å². The lowest BCUT2D eigenvalue weighted by Crippen LogP contribution is -2.41. The van der Waals surface area contributed by atoms with Crippen LogP contribution in [0.4, 0.5) is 4.39 Å². The molecule has 0 radical (unpaired) electrons. The molecule has 0 fully saturated rings. The fraction of sp³-hybridized carbons (Fsp3) is 0.346. The molecule has 0 spiro atoms. The van der Waals surface area contributed by atoms with E-state index in [1.807, 2.05) is 6.92 Å². The summed E-state index contributed by atoms with van der Waals surface area (Å²) in [5.41, 5.74) is -1.11. The number of carboxylic acids is 1. The molecule has 1 heterocycles. The van der Waals surface area contributed by atoms with Crippen molar-refractivity contribution >= 4 is 18.2 Å². The van der Waals surface area contributed by atoms with Crippen molar-refractivity contribution < 1.29 is 28.6 Å². The van der Waals surface area contributed by atoms with Gasteiger partial charge in [-0.2, -0.15) is 0 Å². The highest BCUT2D eigenvalue weighted by atomic mass is 19.1. The highest BCUT2D eigenvalue weighted by molar-refractivity contribution is 5.92. The van der Waals surface area contributed by atoms with E-state index in [2.05, 4.69) is 4.99 Å². The molecule has 7 heteroatoms. The zero-order chi connectivity index (χ0) is 24.2. The van der Waals surface area contributed by atoms with Crippen molar-refractivity contribution in [2.24, 2.45) is 4.99 Å². The maximum Gasteiger partial charge on any atom is 0.338 e. The number of halogens is 1. The second kappa shape index (κ2) is 9.57. The quantitative estimate of drug-likeness (QED) is 0.552. The van der Waals surface area contributed by atoms with Crippen molar-refractivity contribution in [2.75, 3.05) is 6.61 Å². The lowest BCUT2D eigenvalue weighted by molar-refractivity contribution is -0.159. The first-order valence-corrected chi connectivity index (χ1v) is 10.8. The van der Waals surface area contributed by atoms with Gasteiger partial charge in [-0.1, -0.05) is 25.1 Å². The Kier molecular flexibility index (Phi) is 7.01. The Morgan fingerprint density at radius 3 is 2.55 bits per heavy atom. The third-order valence-corrected chi connectivity index (χ3v) is 5.04. The molecule has 0 amide bonds. The lowest BCUT2D eigenvalue weighted by Gasteiger charge is -2.28. The predicted octanol–water partition coefficient (Wildman–Crippen LogP) is 5.24. The fourth-order valence-electron chi connectivity index (χ4n) is 3.53. The van der Waals surface area contributed by atoms with Crippen molar-refractivity contribution in [3.05, 3.63) is 65.5 Å². The number of hydrogen-bond acceptors (Lipinski definition) is 5. The molecule has 174 valence electrons. The Balaban J connectivity index is 2.07. The van der Waals surface area contributed by atoms with E-state index in [1.54, 1.807) is 57.3 Å². The Hall–Kier alpha value is -3.48. The number of ether oxygens (including phenoxy) is 2. The van der Waals surface area contributed by atoms with Gasteiger partial charge in [0.25, 0.3) is 0 Å². The second-order valence-electron chi connectivity index (χ2n) is 8.88.